The lowest BCUT2D eigenvalue weighted by Gasteiger charge is -2.40. The second-order valence-electron chi connectivity index (χ2n) is 6.51. The topological polar surface area (TPSA) is 42.7 Å². The number of pyridine rings is 1. The standard InChI is InChI=1S/C17H24N4/c1-2-21-16-14(8-5-11-18-16)20-17(21)15-10-9-12-6-3-4-7-13(12)19-15/h5,8,11-13,15,19H,2-4,6-7,9-10H2,1H3. The van der Waals surface area contributed by atoms with Crippen LogP contribution in [0.15, 0.2) is 18.3 Å². The van der Waals surface area contributed by atoms with E-state index in [0.29, 0.717) is 12.1 Å². The molecule has 1 aliphatic heterocycles. The molecule has 4 heteroatoms. The minimum Gasteiger partial charge on any atom is -0.312 e. The van der Waals surface area contributed by atoms with E-state index in [1.54, 1.807) is 0 Å². The second-order valence-corrected chi connectivity index (χ2v) is 6.51. The first-order valence-corrected chi connectivity index (χ1v) is 8.44. The molecule has 0 amide bonds. The van der Waals surface area contributed by atoms with Crippen molar-refractivity contribution in [2.75, 3.05) is 0 Å². The normalized spacial score (nSPS) is 29.5. The van der Waals surface area contributed by atoms with E-state index in [4.69, 9.17) is 4.98 Å². The summed E-state index contributed by atoms with van der Waals surface area (Å²) in [6, 6.07) is 5.16. The monoisotopic (exact) mass is 284 g/mol. The molecule has 4 nitrogen and oxygen atoms in total. The molecule has 3 unspecified atom stereocenters. The Morgan fingerprint density at radius 1 is 1.24 bits per heavy atom. The lowest BCUT2D eigenvalue weighted by atomic mass is 9.77. The number of fused-ring (bicyclic) bond motifs is 2. The molecule has 21 heavy (non-hydrogen) atoms. The van der Waals surface area contributed by atoms with Crippen molar-refractivity contribution in [2.45, 2.75) is 64.1 Å². The lowest BCUT2D eigenvalue weighted by Crippen LogP contribution is -2.45. The van der Waals surface area contributed by atoms with Crippen molar-refractivity contribution in [1.29, 1.82) is 0 Å². The molecule has 0 radical (unpaired) electrons. The number of piperidine rings is 1. The zero-order valence-electron chi connectivity index (χ0n) is 12.8. The molecule has 2 fully saturated rings. The number of rotatable bonds is 2. The first-order valence-electron chi connectivity index (χ1n) is 8.44. The van der Waals surface area contributed by atoms with Crippen molar-refractivity contribution in [3.8, 4) is 0 Å². The smallest absolute Gasteiger partial charge is 0.160 e. The molecule has 2 aromatic heterocycles. The number of nitrogens with one attached hydrogen (secondary N) is 1. The largest absolute Gasteiger partial charge is 0.312 e. The number of hydrogen-bond donors (Lipinski definition) is 1. The van der Waals surface area contributed by atoms with Crippen LogP contribution in [0, 0.1) is 5.92 Å². The number of imidazole rings is 1. The van der Waals surface area contributed by atoms with Crippen LogP contribution in [-0.2, 0) is 6.54 Å². The molecule has 1 saturated carbocycles. The summed E-state index contributed by atoms with van der Waals surface area (Å²) >= 11 is 0. The Labute approximate surface area is 126 Å². The highest BCUT2D eigenvalue weighted by Gasteiger charge is 2.34. The van der Waals surface area contributed by atoms with E-state index >= 15 is 0 Å². The van der Waals surface area contributed by atoms with Gasteiger partial charge in [0.1, 0.15) is 11.3 Å². The van der Waals surface area contributed by atoms with Gasteiger partial charge in [0.05, 0.1) is 6.04 Å². The van der Waals surface area contributed by atoms with Crippen LogP contribution in [0.25, 0.3) is 11.2 Å². The van der Waals surface area contributed by atoms with Gasteiger partial charge in [-0.1, -0.05) is 12.8 Å². The predicted molar refractivity (Wildman–Crippen MR) is 84.1 cm³/mol. The summed E-state index contributed by atoms with van der Waals surface area (Å²) in [5.41, 5.74) is 2.06. The summed E-state index contributed by atoms with van der Waals surface area (Å²) < 4.78 is 2.29. The highest BCUT2D eigenvalue weighted by molar-refractivity contribution is 5.71. The Morgan fingerprint density at radius 2 is 2.14 bits per heavy atom. The van der Waals surface area contributed by atoms with Crippen LogP contribution in [0.2, 0.25) is 0 Å². The maximum atomic E-state index is 4.88. The first kappa shape index (κ1) is 13.3. The molecule has 0 aromatic carbocycles. The van der Waals surface area contributed by atoms with Crippen molar-refractivity contribution in [1.82, 2.24) is 19.9 Å². The Hall–Kier alpha value is -1.42. The third-order valence-electron chi connectivity index (χ3n) is 5.31. The fourth-order valence-electron chi connectivity index (χ4n) is 4.25. The summed E-state index contributed by atoms with van der Waals surface area (Å²) in [5, 5.41) is 3.90. The van der Waals surface area contributed by atoms with E-state index in [0.717, 1.165) is 23.6 Å². The van der Waals surface area contributed by atoms with Crippen LogP contribution >= 0.6 is 0 Å². The van der Waals surface area contributed by atoms with Crippen LogP contribution < -0.4 is 5.32 Å². The third kappa shape index (κ3) is 2.26. The number of hydrogen-bond acceptors (Lipinski definition) is 3. The summed E-state index contributed by atoms with van der Waals surface area (Å²) in [5.74, 6) is 2.09. The van der Waals surface area contributed by atoms with E-state index in [9.17, 15) is 0 Å². The maximum Gasteiger partial charge on any atom is 0.160 e. The minimum absolute atomic E-state index is 0.401. The molecule has 1 aliphatic carbocycles. The average molecular weight is 284 g/mol. The van der Waals surface area contributed by atoms with E-state index in [2.05, 4.69) is 27.9 Å². The quantitative estimate of drug-likeness (QED) is 0.918. The Bertz CT molecular complexity index is 633. The molecule has 2 aromatic rings. The van der Waals surface area contributed by atoms with Gasteiger partial charge in [-0.2, -0.15) is 0 Å². The zero-order chi connectivity index (χ0) is 14.2. The van der Waals surface area contributed by atoms with Gasteiger partial charge in [-0.3, -0.25) is 0 Å². The van der Waals surface area contributed by atoms with Crippen LogP contribution in [0.1, 0.15) is 57.3 Å². The van der Waals surface area contributed by atoms with Crippen LogP contribution in [0.3, 0.4) is 0 Å². The highest BCUT2D eigenvalue weighted by atomic mass is 15.2. The minimum atomic E-state index is 0.401. The molecule has 112 valence electrons. The van der Waals surface area contributed by atoms with Crippen molar-refractivity contribution >= 4 is 11.2 Å². The van der Waals surface area contributed by atoms with Crippen molar-refractivity contribution in [3.63, 3.8) is 0 Å². The average Bonchev–Trinajstić information content (AvgIpc) is 2.93. The molecule has 3 heterocycles. The first-order chi connectivity index (χ1) is 10.4. The Kier molecular flexibility index (Phi) is 3.42. The van der Waals surface area contributed by atoms with E-state index in [1.165, 1.54) is 44.3 Å². The number of aromatic nitrogens is 3. The van der Waals surface area contributed by atoms with Gasteiger partial charge in [0.25, 0.3) is 0 Å². The zero-order valence-corrected chi connectivity index (χ0v) is 12.8. The Morgan fingerprint density at radius 3 is 3.05 bits per heavy atom. The molecular formula is C17H24N4. The summed E-state index contributed by atoms with van der Waals surface area (Å²) in [4.78, 5) is 9.40. The summed E-state index contributed by atoms with van der Waals surface area (Å²) in [6.45, 7) is 3.13. The van der Waals surface area contributed by atoms with Crippen LogP contribution in [0.5, 0.6) is 0 Å². The van der Waals surface area contributed by atoms with Gasteiger partial charge >= 0.3 is 0 Å². The fourth-order valence-corrected chi connectivity index (χ4v) is 4.25. The molecule has 4 rings (SSSR count). The van der Waals surface area contributed by atoms with Crippen molar-refractivity contribution in [3.05, 3.63) is 24.2 Å². The van der Waals surface area contributed by atoms with E-state index in [1.807, 2.05) is 12.3 Å². The number of aryl methyl sites for hydroxylation is 1. The molecule has 3 atom stereocenters. The van der Waals surface area contributed by atoms with Gasteiger partial charge in [-0.05, 0) is 50.7 Å². The number of nitrogens with zero attached hydrogens (tertiary/aromatic N) is 3. The van der Waals surface area contributed by atoms with E-state index < -0.39 is 0 Å². The molecule has 0 spiro atoms. The molecule has 0 bridgehead atoms. The molecule has 2 aliphatic rings. The maximum absolute atomic E-state index is 4.88. The van der Waals surface area contributed by atoms with E-state index in [-0.39, 0.29) is 0 Å². The van der Waals surface area contributed by atoms with Gasteiger partial charge < -0.3 is 9.88 Å². The molecule has 1 saturated heterocycles. The summed E-state index contributed by atoms with van der Waals surface area (Å²) in [6.07, 6.45) is 9.98. The van der Waals surface area contributed by atoms with Gasteiger partial charge in [-0.25, -0.2) is 9.97 Å². The lowest BCUT2D eigenvalue weighted by molar-refractivity contribution is 0.172. The molecular weight excluding hydrogens is 260 g/mol. The van der Waals surface area contributed by atoms with Crippen LogP contribution in [0.4, 0.5) is 0 Å². The third-order valence-corrected chi connectivity index (χ3v) is 5.31. The fraction of sp³-hybridized carbons (Fsp3) is 0.647. The molecule has 1 N–H and O–H groups in total. The van der Waals surface area contributed by atoms with Gasteiger partial charge in [0.15, 0.2) is 5.65 Å². The Balaban J connectivity index is 1.66. The highest BCUT2D eigenvalue weighted by Crippen LogP contribution is 2.37. The van der Waals surface area contributed by atoms with Crippen molar-refractivity contribution in [2.24, 2.45) is 5.92 Å². The SMILES string of the molecule is CCn1c(C2CCC3CCCCC3N2)nc2cccnc21. The van der Waals surface area contributed by atoms with Crippen LogP contribution in [-0.4, -0.2) is 20.6 Å². The van der Waals surface area contributed by atoms with Crippen molar-refractivity contribution < 1.29 is 0 Å². The van der Waals surface area contributed by atoms with Gasteiger partial charge in [0, 0.05) is 18.8 Å². The second kappa shape index (κ2) is 5.41. The van der Waals surface area contributed by atoms with Gasteiger partial charge in [-0.15, -0.1) is 0 Å². The predicted octanol–water partition coefficient (Wildman–Crippen LogP) is 3.43. The van der Waals surface area contributed by atoms with Gasteiger partial charge in [0.2, 0.25) is 0 Å². The summed E-state index contributed by atoms with van der Waals surface area (Å²) in [7, 11) is 0.